The average molecular weight is 291 g/mol. The van der Waals surface area contributed by atoms with Crippen LogP contribution in [-0.2, 0) is 11.2 Å². The Bertz CT molecular complexity index is 583. The van der Waals surface area contributed by atoms with Gasteiger partial charge in [0.1, 0.15) is 5.01 Å². The Kier molecular flexibility index (Phi) is 4.66. The molecule has 0 unspecified atom stereocenters. The standard InChI is InChI=1S/C13H13N3OS2/c1-16(6-3-5-14)12(17)8-10-9-19-13(15-10)11-4-2-7-18-11/h2,4,7,9H,3,6,8H2,1H3. The van der Waals surface area contributed by atoms with Crippen molar-refractivity contribution in [3.05, 3.63) is 28.6 Å². The van der Waals surface area contributed by atoms with E-state index in [-0.39, 0.29) is 5.91 Å². The van der Waals surface area contributed by atoms with E-state index < -0.39 is 0 Å². The molecule has 0 radical (unpaired) electrons. The molecule has 98 valence electrons. The van der Waals surface area contributed by atoms with E-state index in [0.717, 1.165) is 15.6 Å². The minimum absolute atomic E-state index is 0.00159. The van der Waals surface area contributed by atoms with Crippen molar-refractivity contribution < 1.29 is 4.79 Å². The number of hydrogen-bond acceptors (Lipinski definition) is 5. The van der Waals surface area contributed by atoms with Crippen LogP contribution in [0.4, 0.5) is 0 Å². The molecular weight excluding hydrogens is 278 g/mol. The fourth-order valence-corrected chi connectivity index (χ4v) is 3.17. The third-order valence-corrected chi connectivity index (χ3v) is 4.53. The molecule has 0 aliphatic rings. The summed E-state index contributed by atoms with van der Waals surface area (Å²) in [5, 5.41) is 13.4. The summed E-state index contributed by atoms with van der Waals surface area (Å²) >= 11 is 3.20. The first-order valence-corrected chi connectivity index (χ1v) is 7.56. The second kappa shape index (κ2) is 6.45. The van der Waals surface area contributed by atoms with Crippen LogP contribution in [0.2, 0.25) is 0 Å². The summed E-state index contributed by atoms with van der Waals surface area (Å²) in [6.07, 6.45) is 0.656. The molecule has 6 heteroatoms. The molecule has 0 spiro atoms. The minimum Gasteiger partial charge on any atom is -0.344 e. The smallest absolute Gasteiger partial charge is 0.228 e. The summed E-state index contributed by atoms with van der Waals surface area (Å²) in [5.41, 5.74) is 0.794. The van der Waals surface area contributed by atoms with Gasteiger partial charge in [-0.15, -0.1) is 22.7 Å². The number of hydrogen-bond donors (Lipinski definition) is 0. The van der Waals surface area contributed by atoms with Gasteiger partial charge < -0.3 is 4.90 Å². The lowest BCUT2D eigenvalue weighted by molar-refractivity contribution is -0.129. The van der Waals surface area contributed by atoms with Crippen molar-refractivity contribution in [3.8, 4) is 16.0 Å². The zero-order chi connectivity index (χ0) is 13.7. The van der Waals surface area contributed by atoms with Crippen molar-refractivity contribution in [2.75, 3.05) is 13.6 Å². The van der Waals surface area contributed by atoms with Gasteiger partial charge >= 0.3 is 0 Å². The Hall–Kier alpha value is -1.71. The topological polar surface area (TPSA) is 57.0 Å². The predicted molar refractivity (Wildman–Crippen MR) is 77.0 cm³/mol. The van der Waals surface area contributed by atoms with Gasteiger partial charge in [-0.3, -0.25) is 4.79 Å². The molecule has 0 aliphatic carbocycles. The van der Waals surface area contributed by atoms with Gasteiger partial charge in [-0.1, -0.05) is 6.07 Å². The molecule has 0 bridgehead atoms. The highest BCUT2D eigenvalue weighted by Crippen LogP contribution is 2.27. The fourth-order valence-electron chi connectivity index (χ4n) is 1.53. The molecule has 19 heavy (non-hydrogen) atoms. The van der Waals surface area contributed by atoms with E-state index in [4.69, 9.17) is 5.26 Å². The maximum atomic E-state index is 11.9. The van der Waals surface area contributed by atoms with E-state index in [9.17, 15) is 4.79 Å². The van der Waals surface area contributed by atoms with Crippen LogP contribution in [0.3, 0.4) is 0 Å². The van der Waals surface area contributed by atoms with E-state index >= 15 is 0 Å². The summed E-state index contributed by atoms with van der Waals surface area (Å²) in [7, 11) is 1.71. The van der Waals surface area contributed by atoms with E-state index in [1.807, 2.05) is 29.0 Å². The van der Waals surface area contributed by atoms with Crippen LogP contribution in [-0.4, -0.2) is 29.4 Å². The van der Waals surface area contributed by atoms with Crippen LogP contribution in [0, 0.1) is 11.3 Å². The van der Waals surface area contributed by atoms with Crippen LogP contribution in [0.5, 0.6) is 0 Å². The van der Waals surface area contributed by atoms with E-state index in [0.29, 0.717) is 19.4 Å². The SMILES string of the molecule is CN(CCC#N)C(=O)Cc1csc(-c2cccs2)n1. The van der Waals surface area contributed by atoms with Crippen LogP contribution >= 0.6 is 22.7 Å². The Balaban J connectivity index is 1.97. The highest BCUT2D eigenvalue weighted by atomic mass is 32.1. The molecule has 2 aromatic rings. The third kappa shape index (κ3) is 3.63. The third-order valence-electron chi connectivity index (χ3n) is 2.60. The summed E-state index contributed by atoms with van der Waals surface area (Å²) in [6, 6.07) is 6.04. The largest absolute Gasteiger partial charge is 0.344 e. The Morgan fingerprint density at radius 3 is 3.05 bits per heavy atom. The molecule has 0 aliphatic heterocycles. The van der Waals surface area contributed by atoms with Gasteiger partial charge in [-0.25, -0.2) is 4.98 Å². The molecule has 0 atom stereocenters. The number of aromatic nitrogens is 1. The monoisotopic (exact) mass is 291 g/mol. The fraction of sp³-hybridized carbons (Fsp3) is 0.308. The number of likely N-dealkylation sites (N-methyl/N-ethyl adjacent to an activating group) is 1. The summed E-state index contributed by atoms with van der Waals surface area (Å²) in [4.78, 5) is 19.1. The van der Waals surface area contributed by atoms with E-state index in [1.165, 1.54) is 0 Å². The molecule has 2 aromatic heterocycles. The molecule has 0 fully saturated rings. The van der Waals surface area contributed by atoms with Crippen LogP contribution in [0.15, 0.2) is 22.9 Å². The molecule has 0 saturated heterocycles. The van der Waals surface area contributed by atoms with Crippen molar-refractivity contribution in [2.45, 2.75) is 12.8 Å². The summed E-state index contributed by atoms with van der Waals surface area (Å²) in [5.74, 6) is -0.00159. The maximum Gasteiger partial charge on any atom is 0.228 e. The number of amides is 1. The highest BCUT2D eigenvalue weighted by Gasteiger charge is 2.12. The second-order valence-electron chi connectivity index (χ2n) is 4.02. The predicted octanol–water partition coefficient (Wildman–Crippen LogP) is 2.79. The zero-order valence-corrected chi connectivity index (χ0v) is 12.1. The van der Waals surface area contributed by atoms with Gasteiger partial charge in [0.15, 0.2) is 0 Å². The lowest BCUT2D eigenvalue weighted by atomic mass is 10.3. The zero-order valence-electron chi connectivity index (χ0n) is 10.5. The van der Waals surface area contributed by atoms with Crippen molar-refractivity contribution in [3.63, 3.8) is 0 Å². The van der Waals surface area contributed by atoms with Gasteiger partial charge in [-0.2, -0.15) is 5.26 Å². The summed E-state index contributed by atoms with van der Waals surface area (Å²) in [6.45, 7) is 0.469. The molecule has 4 nitrogen and oxygen atoms in total. The molecule has 2 heterocycles. The highest BCUT2D eigenvalue weighted by molar-refractivity contribution is 7.20. The first kappa shape index (κ1) is 13.7. The number of carbonyl (C=O) groups is 1. The number of nitrogens with zero attached hydrogens (tertiary/aromatic N) is 3. The number of nitriles is 1. The molecule has 0 N–H and O–H groups in total. The van der Waals surface area contributed by atoms with Crippen molar-refractivity contribution in [1.82, 2.24) is 9.88 Å². The van der Waals surface area contributed by atoms with Crippen LogP contribution in [0.25, 0.3) is 9.88 Å². The number of rotatable bonds is 5. The quantitative estimate of drug-likeness (QED) is 0.851. The van der Waals surface area contributed by atoms with Gasteiger partial charge in [-0.05, 0) is 11.4 Å². The molecule has 0 aromatic carbocycles. The Labute approximate surface area is 119 Å². The van der Waals surface area contributed by atoms with Gasteiger partial charge in [0, 0.05) is 19.0 Å². The van der Waals surface area contributed by atoms with Crippen LogP contribution in [0.1, 0.15) is 12.1 Å². The number of carbonyl (C=O) groups excluding carboxylic acids is 1. The van der Waals surface area contributed by atoms with Gasteiger partial charge in [0.25, 0.3) is 0 Å². The lowest BCUT2D eigenvalue weighted by Crippen LogP contribution is -2.29. The first-order chi connectivity index (χ1) is 9.20. The molecular formula is C13H13N3OS2. The second-order valence-corrected chi connectivity index (χ2v) is 5.83. The maximum absolute atomic E-state index is 11.9. The number of thiophene rings is 1. The first-order valence-electron chi connectivity index (χ1n) is 5.80. The molecule has 1 amide bonds. The number of thiazole rings is 1. The Morgan fingerprint density at radius 1 is 1.53 bits per heavy atom. The van der Waals surface area contributed by atoms with Gasteiger partial charge in [0.05, 0.1) is 29.5 Å². The van der Waals surface area contributed by atoms with E-state index in [2.05, 4.69) is 4.98 Å². The molecule has 0 saturated carbocycles. The minimum atomic E-state index is -0.00159. The van der Waals surface area contributed by atoms with Crippen molar-refractivity contribution >= 4 is 28.6 Å². The van der Waals surface area contributed by atoms with E-state index in [1.54, 1.807) is 34.6 Å². The van der Waals surface area contributed by atoms with Crippen molar-refractivity contribution in [2.24, 2.45) is 0 Å². The summed E-state index contributed by atoms with van der Waals surface area (Å²) < 4.78 is 0. The van der Waals surface area contributed by atoms with Crippen molar-refractivity contribution in [1.29, 1.82) is 5.26 Å². The molecule has 2 rings (SSSR count). The van der Waals surface area contributed by atoms with Gasteiger partial charge in [0.2, 0.25) is 5.91 Å². The average Bonchev–Trinajstić information content (AvgIpc) is 3.05. The van der Waals surface area contributed by atoms with Crippen LogP contribution < -0.4 is 0 Å². The lowest BCUT2D eigenvalue weighted by Gasteiger charge is -2.14. The Morgan fingerprint density at radius 2 is 2.37 bits per heavy atom. The normalized spacial score (nSPS) is 10.1.